The first kappa shape index (κ1) is 19.5. The summed E-state index contributed by atoms with van der Waals surface area (Å²) in [5.41, 5.74) is 0.0778. The fourth-order valence-electron chi connectivity index (χ4n) is 2.42. The molecule has 2 aromatic rings. The van der Waals surface area contributed by atoms with E-state index >= 15 is 0 Å². The summed E-state index contributed by atoms with van der Waals surface area (Å²) in [6.45, 7) is 1.65. The molecule has 0 saturated heterocycles. The molecule has 25 heavy (non-hydrogen) atoms. The summed E-state index contributed by atoms with van der Waals surface area (Å²) in [6.07, 6.45) is -1.61. The summed E-state index contributed by atoms with van der Waals surface area (Å²) in [5.74, 6) is 0. The molecule has 7 heteroatoms. The Morgan fingerprint density at radius 3 is 2.24 bits per heavy atom. The van der Waals surface area contributed by atoms with Crippen LogP contribution in [0.5, 0.6) is 0 Å². The van der Waals surface area contributed by atoms with Crippen molar-refractivity contribution < 1.29 is 21.6 Å². The van der Waals surface area contributed by atoms with E-state index in [4.69, 9.17) is 0 Å². The summed E-state index contributed by atoms with van der Waals surface area (Å²) in [7, 11) is -3.88. The Bertz CT molecular complexity index is 800. The Morgan fingerprint density at radius 2 is 1.64 bits per heavy atom. The van der Waals surface area contributed by atoms with Crippen molar-refractivity contribution in [3.8, 4) is 0 Å². The van der Waals surface area contributed by atoms with Crippen LogP contribution in [0.3, 0.4) is 0 Å². The van der Waals surface area contributed by atoms with Crippen molar-refractivity contribution in [3.63, 3.8) is 0 Å². The molecule has 136 valence electrons. The largest absolute Gasteiger partial charge is 0.416 e. The van der Waals surface area contributed by atoms with E-state index in [9.17, 15) is 21.6 Å². The van der Waals surface area contributed by atoms with Crippen LogP contribution in [0.25, 0.3) is 0 Å². The lowest BCUT2D eigenvalue weighted by atomic mass is 10.1. The van der Waals surface area contributed by atoms with Gasteiger partial charge in [-0.3, -0.25) is 0 Å². The number of aryl methyl sites for hydroxylation is 1. The minimum absolute atomic E-state index is 0.0391. The molecule has 2 aromatic carbocycles. The average molecular weight is 371 g/mol. The van der Waals surface area contributed by atoms with Gasteiger partial charge >= 0.3 is 6.18 Å². The van der Waals surface area contributed by atoms with Crippen LogP contribution in [-0.4, -0.2) is 8.42 Å². The normalized spacial score (nSPS) is 12.3. The van der Waals surface area contributed by atoms with E-state index in [2.05, 4.69) is 11.6 Å². The second-order valence-electron chi connectivity index (χ2n) is 5.73. The van der Waals surface area contributed by atoms with E-state index in [0.29, 0.717) is 0 Å². The molecule has 0 spiro atoms. The van der Waals surface area contributed by atoms with Gasteiger partial charge in [0.25, 0.3) is 0 Å². The van der Waals surface area contributed by atoms with E-state index in [1.165, 1.54) is 30.3 Å². The van der Waals surface area contributed by atoms with Crippen molar-refractivity contribution >= 4 is 10.0 Å². The quantitative estimate of drug-likeness (QED) is 0.777. The van der Waals surface area contributed by atoms with Crippen LogP contribution in [0.15, 0.2) is 53.4 Å². The van der Waals surface area contributed by atoms with E-state index in [-0.39, 0.29) is 10.5 Å². The molecule has 3 nitrogen and oxygen atoms in total. The van der Waals surface area contributed by atoms with Crippen LogP contribution in [0.1, 0.15) is 36.5 Å². The van der Waals surface area contributed by atoms with Gasteiger partial charge in [-0.2, -0.15) is 13.2 Å². The summed E-state index contributed by atoms with van der Waals surface area (Å²) >= 11 is 0. The predicted molar refractivity (Wildman–Crippen MR) is 90.5 cm³/mol. The first-order valence-electron chi connectivity index (χ1n) is 7.98. The summed E-state index contributed by atoms with van der Waals surface area (Å²) in [6, 6.07) is 11.3. The Kier molecular flexibility index (Phi) is 6.24. The lowest BCUT2D eigenvalue weighted by Crippen LogP contribution is -2.24. The number of hydrogen-bond donors (Lipinski definition) is 1. The van der Waals surface area contributed by atoms with Gasteiger partial charge in [0.05, 0.1) is 10.5 Å². The third-order valence-electron chi connectivity index (χ3n) is 3.83. The first-order valence-corrected chi connectivity index (χ1v) is 9.46. The Labute approximate surface area is 145 Å². The summed E-state index contributed by atoms with van der Waals surface area (Å²) in [4.78, 5) is 0.0391. The zero-order valence-electron chi connectivity index (χ0n) is 13.8. The van der Waals surface area contributed by atoms with Crippen molar-refractivity contribution in [3.05, 3.63) is 65.2 Å². The molecule has 1 N–H and O–H groups in total. The fraction of sp³-hybridized carbons (Fsp3) is 0.333. The molecule has 0 saturated carbocycles. The Hall–Kier alpha value is -1.86. The molecule has 0 fully saturated rings. The van der Waals surface area contributed by atoms with E-state index in [0.717, 1.165) is 30.9 Å². The van der Waals surface area contributed by atoms with Gasteiger partial charge in [-0.25, -0.2) is 13.1 Å². The number of rotatable bonds is 7. The number of nitrogens with one attached hydrogen (secondary N) is 1. The lowest BCUT2D eigenvalue weighted by Gasteiger charge is -2.13. The SMILES string of the molecule is CCCCc1ccc(S(=O)(=O)NCc2ccccc2C(F)(F)F)cc1. The maximum Gasteiger partial charge on any atom is 0.416 e. The van der Waals surface area contributed by atoms with Gasteiger partial charge in [0, 0.05) is 6.54 Å². The van der Waals surface area contributed by atoms with Gasteiger partial charge in [-0.1, -0.05) is 43.7 Å². The van der Waals surface area contributed by atoms with Crippen LogP contribution >= 0.6 is 0 Å². The highest BCUT2D eigenvalue weighted by Gasteiger charge is 2.33. The predicted octanol–water partition coefficient (Wildman–Crippen LogP) is 4.53. The second-order valence-corrected chi connectivity index (χ2v) is 7.49. The van der Waals surface area contributed by atoms with Crippen LogP contribution in [0.4, 0.5) is 13.2 Å². The number of alkyl halides is 3. The van der Waals surface area contributed by atoms with Crippen molar-refractivity contribution in [2.24, 2.45) is 0 Å². The number of unbranched alkanes of at least 4 members (excludes halogenated alkanes) is 1. The van der Waals surface area contributed by atoms with Gasteiger partial charge in [-0.05, 0) is 42.2 Å². The van der Waals surface area contributed by atoms with Crippen LogP contribution in [0.2, 0.25) is 0 Å². The highest BCUT2D eigenvalue weighted by molar-refractivity contribution is 7.89. The lowest BCUT2D eigenvalue weighted by molar-refractivity contribution is -0.138. The summed E-state index contributed by atoms with van der Waals surface area (Å²) < 4.78 is 65.7. The van der Waals surface area contributed by atoms with E-state index in [1.807, 2.05) is 0 Å². The van der Waals surface area contributed by atoms with Crippen LogP contribution in [0, 0.1) is 0 Å². The number of sulfonamides is 1. The van der Waals surface area contributed by atoms with Gasteiger partial charge in [0.1, 0.15) is 0 Å². The standard InChI is InChI=1S/C18H20F3NO2S/c1-2-3-6-14-9-11-16(12-10-14)25(23,24)22-13-15-7-4-5-8-17(15)18(19,20)21/h4-5,7-12,22H,2-3,6,13H2,1H3. The highest BCUT2D eigenvalue weighted by atomic mass is 32.2. The monoisotopic (exact) mass is 371 g/mol. The number of halogens is 3. The minimum atomic E-state index is -4.52. The molecule has 0 bridgehead atoms. The minimum Gasteiger partial charge on any atom is -0.207 e. The summed E-state index contributed by atoms with van der Waals surface area (Å²) in [5, 5.41) is 0. The highest BCUT2D eigenvalue weighted by Crippen LogP contribution is 2.31. The van der Waals surface area contributed by atoms with Crippen molar-refractivity contribution in [2.75, 3.05) is 0 Å². The molecule has 0 aromatic heterocycles. The Balaban J connectivity index is 2.12. The molecule has 0 aliphatic heterocycles. The van der Waals surface area contributed by atoms with Crippen LogP contribution in [-0.2, 0) is 29.2 Å². The molecule has 0 amide bonds. The molecular formula is C18H20F3NO2S. The molecular weight excluding hydrogens is 351 g/mol. The van der Waals surface area contributed by atoms with Crippen molar-refractivity contribution in [1.82, 2.24) is 4.72 Å². The molecule has 0 radical (unpaired) electrons. The van der Waals surface area contributed by atoms with E-state index in [1.54, 1.807) is 12.1 Å². The number of benzene rings is 2. The molecule has 2 rings (SSSR count). The molecule has 0 aliphatic carbocycles. The van der Waals surface area contributed by atoms with Gasteiger partial charge < -0.3 is 0 Å². The van der Waals surface area contributed by atoms with Gasteiger partial charge in [-0.15, -0.1) is 0 Å². The maximum atomic E-state index is 13.0. The first-order chi connectivity index (χ1) is 11.7. The molecule has 0 aliphatic rings. The Morgan fingerprint density at radius 1 is 1.00 bits per heavy atom. The molecule has 0 heterocycles. The zero-order chi connectivity index (χ0) is 18.5. The van der Waals surface area contributed by atoms with Crippen molar-refractivity contribution in [1.29, 1.82) is 0 Å². The average Bonchev–Trinajstić information content (AvgIpc) is 2.58. The molecule has 0 atom stereocenters. The van der Waals surface area contributed by atoms with Crippen LogP contribution < -0.4 is 4.72 Å². The number of hydrogen-bond acceptors (Lipinski definition) is 2. The van der Waals surface area contributed by atoms with Gasteiger partial charge in [0.2, 0.25) is 10.0 Å². The fourth-order valence-corrected chi connectivity index (χ4v) is 3.43. The smallest absolute Gasteiger partial charge is 0.207 e. The molecule has 0 unspecified atom stereocenters. The van der Waals surface area contributed by atoms with E-state index < -0.39 is 28.3 Å². The topological polar surface area (TPSA) is 46.2 Å². The maximum absolute atomic E-state index is 13.0. The van der Waals surface area contributed by atoms with Gasteiger partial charge in [0.15, 0.2) is 0 Å². The third-order valence-corrected chi connectivity index (χ3v) is 5.25. The van der Waals surface area contributed by atoms with Crippen molar-refractivity contribution in [2.45, 2.75) is 43.8 Å². The zero-order valence-corrected chi connectivity index (χ0v) is 14.6. The third kappa shape index (κ3) is 5.31. The second kappa shape index (κ2) is 8.01.